The van der Waals surface area contributed by atoms with Gasteiger partial charge in [-0.25, -0.2) is 4.98 Å². The lowest BCUT2D eigenvalue weighted by molar-refractivity contribution is 0.0958. The van der Waals surface area contributed by atoms with Gasteiger partial charge in [-0.1, -0.05) is 60.7 Å². The minimum atomic E-state index is -0.111. The van der Waals surface area contributed by atoms with E-state index in [9.17, 15) is 4.79 Å². The lowest BCUT2D eigenvalue weighted by atomic mass is 10.1. The van der Waals surface area contributed by atoms with Crippen molar-refractivity contribution in [3.63, 3.8) is 0 Å². The number of hydrogen-bond acceptors (Lipinski definition) is 4. The summed E-state index contributed by atoms with van der Waals surface area (Å²) in [5.41, 5.74) is 2.66. The molecule has 0 saturated carbocycles. The fourth-order valence-corrected chi connectivity index (χ4v) is 3.81. The molecule has 134 valence electrons. The molecule has 4 nitrogen and oxygen atoms in total. The largest absolute Gasteiger partial charge is 0.469 e. The topological polar surface area (TPSA) is 55.1 Å². The quantitative estimate of drug-likeness (QED) is 0.514. The summed E-state index contributed by atoms with van der Waals surface area (Å²) >= 11 is 1.42. The highest BCUT2D eigenvalue weighted by atomic mass is 32.1. The minimum absolute atomic E-state index is 0.111. The van der Waals surface area contributed by atoms with Crippen molar-refractivity contribution >= 4 is 17.2 Å². The highest BCUT2D eigenvalue weighted by Crippen LogP contribution is 2.33. The molecule has 0 bridgehead atoms. The summed E-state index contributed by atoms with van der Waals surface area (Å²) < 4.78 is 5.31. The standard InChI is InChI=1S/C22H18N2O2S/c25-21(23-14-13-18-12-7-15-26-18)20-19(16-8-3-1-4-9-16)24-22(27-20)17-10-5-2-6-11-17/h1-12,15H,13-14H2,(H,23,25). The number of rotatable bonds is 6. The lowest BCUT2D eigenvalue weighted by Crippen LogP contribution is -2.25. The summed E-state index contributed by atoms with van der Waals surface area (Å²) in [7, 11) is 0. The predicted molar refractivity (Wildman–Crippen MR) is 108 cm³/mol. The average Bonchev–Trinajstić information content (AvgIpc) is 3.39. The maximum absolute atomic E-state index is 12.8. The van der Waals surface area contributed by atoms with E-state index in [4.69, 9.17) is 9.40 Å². The summed E-state index contributed by atoms with van der Waals surface area (Å²) in [6.07, 6.45) is 2.30. The van der Waals surface area contributed by atoms with Crippen LogP contribution in [0.2, 0.25) is 0 Å². The smallest absolute Gasteiger partial charge is 0.263 e. The van der Waals surface area contributed by atoms with Gasteiger partial charge in [0.05, 0.1) is 12.0 Å². The number of nitrogens with zero attached hydrogens (tertiary/aromatic N) is 1. The second kappa shape index (κ2) is 8.01. The van der Waals surface area contributed by atoms with Crippen LogP contribution >= 0.6 is 11.3 Å². The van der Waals surface area contributed by atoms with Crippen molar-refractivity contribution in [2.75, 3.05) is 6.54 Å². The van der Waals surface area contributed by atoms with Gasteiger partial charge in [-0.05, 0) is 12.1 Å². The molecule has 27 heavy (non-hydrogen) atoms. The predicted octanol–water partition coefficient (Wildman–Crippen LogP) is 5.04. The van der Waals surface area contributed by atoms with Crippen LogP contribution in [-0.4, -0.2) is 17.4 Å². The Labute approximate surface area is 161 Å². The molecule has 5 heteroatoms. The zero-order valence-corrected chi connectivity index (χ0v) is 15.4. The molecule has 0 atom stereocenters. The van der Waals surface area contributed by atoms with Crippen LogP contribution in [0, 0.1) is 0 Å². The molecule has 0 unspecified atom stereocenters. The Kier molecular flexibility index (Phi) is 5.12. The van der Waals surface area contributed by atoms with Gasteiger partial charge in [-0.15, -0.1) is 11.3 Å². The Bertz CT molecular complexity index is 1010. The van der Waals surface area contributed by atoms with Crippen molar-refractivity contribution in [2.24, 2.45) is 0 Å². The molecule has 2 aromatic heterocycles. The Morgan fingerprint density at radius 2 is 1.63 bits per heavy atom. The molecule has 2 aromatic carbocycles. The third-order valence-corrected chi connectivity index (χ3v) is 5.24. The van der Waals surface area contributed by atoms with E-state index in [1.54, 1.807) is 6.26 Å². The zero-order valence-electron chi connectivity index (χ0n) is 14.6. The molecule has 4 aromatic rings. The van der Waals surface area contributed by atoms with E-state index in [-0.39, 0.29) is 5.91 Å². The molecule has 1 amide bonds. The van der Waals surface area contributed by atoms with Gasteiger partial charge in [0.15, 0.2) is 0 Å². The van der Waals surface area contributed by atoms with Crippen LogP contribution < -0.4 is 5.32 Å². The first kappa shape index (κ1) is 17.2. The van der Waals surface area contributed by atoms with Gasteiger partial charge < -0.3 is 9.73 Å². The highest BCUT2D eigenvalue weighted by molar-refractivity contribution is 7.17. The monoisotopic (exact) mass is 374 g/mol. The molecular formula is C22H18N2O2S. The van der Waals surface area contributed by atoms with E-state index < -0.39 is 0 Å². The van der Waals surface area contributed by atoms with E-state index in [1.165, 1.54) is 11.3 Å². The Morgan fingerprint density at radius 1 is 0.926 bits per heavy atom. The number of thiazole rings is 1. The molecule has 0 fully saturated rings. The SMILES string of the molecule is O=C(NCCc1ccco1)c1sc(-c2ccccc2)nc1-c1ccccc1. The normalized spacial score (nSPS) is 10.7. The maximum Gasteiger partial charge on any atom is 0.263 e. The molecule has 2 heterocycles. The van der Waals surface area contributed by atoms with E-state index in [0.29, 0.717) is 17.8 Å². The van der Waals surface area contributed by atoms with Crippen LogP contribution in [0.25, 0.3) is 21.8 Å². The molecule has 0 saturated heterocycles. The molecular weight excluding hydrogens is 356 g/mol. The third kappa shape index (κ3) is 3.99. The van der Waals surface area contributed by atoms with Crippen LogP contribution in [0.1, 0.15) is 15.4 Å². The fraction of sp³-hybridized carbons (Fsp3) is 0.0909. The number of amides is 1. The first-order chi connectivity index (χ1) is 13.3. The molecule has 0 aliphatic carbocycles. The van der Waals surface area contributed by atoms with Gasteiger partial charge in [-0.2, -0.15) is 0 Å². The number of carbonyl (C=O) groups is 1. The number of aromatic nitrogens is 1. The van der Waals surface area contributed by atoms with Crippen molar-refractivity contribution in [1.29, 1.82) is 0 Å². The fourth-order valence-electron chi connectivity index (χ4n) is 2.80. The first-order valence-corrected chi connectivity index (χ1v) is 9.55. The average molecular weight is 374 g/mol. The molecule has 0 radical (unpaired) electrons. The molecule has 4 rings (SSSR count). The number of carbonyl (C=O) groups excluding carboxylic acids is 1. The number of nitrogens with one attached hydrogen (secondary N) is 1. The van der Waals surface area contributed by atoms with Gasteiger partial charge >= 0.3 is 0 Å². The van der Waals surface area contributed by atoms with Crippen LogP contribution in [-0.2, 0) is 6.42 Å². The van der Waals surface area contributed by atoms with E-state index in [0.717, 1.165) is 27.6 Å². The van der Waals surface area contributed by atoms with Gasteiger partial charge in [0.25, 0.3) is 5.91 Å². The van der Waals surface area contributed by atoms with Crippen LogP contribution in [0.15, 0.2) is 83.5 Å². The van der Waals surface area contributed by atoms with Gasteiger partial charge in [0, 0.05) is 24.1 Å². The van der Waals surface area contributed by atoms with Crippen LogP contribution in [0.3, 0.4) is 0 Å². The maximum atomic E-state index is 12.8. The molecule has 0 aliphatic rings. The van der Waals surface area contributed by atoms with Crippen molar-refractivity contribution in [2.45, 2.75) is 6.42 Å². The third-order valence-electron chi connectivity index (χ3n) is 4.14. The number of hydrogen-bond donors (Lipinski definition) is 1. The molecule has 0 spiro atoms. The van der Waals surface area contributed by atoms with Crippen molar-refractivity contribution in [3.8, 4) is 21.8 Å². The van der Waals surface area contributed by atoms with Crippen molar-refractivity contribution < 1.29 is 9.21 Å². The summed E-state index contributed by atoms with van der Waals surface area (Å²) in [5, 5.41) is 3.82. The van der Waals surface area contributed by atoms with Crippen LogP contribution in [0.4, 0.5) is 0 Å². The Hall–Kier alpha value is -3.18. The summed E-state index contributed by atoms with van der Waals surface area (Å²) in [4.78, 5) is 18.2. The van der Waals surface area contributed by atoms with E-state index >= 15 is 0 Å². The van der Waals surface area contributed by atoms with E-state index in [2.05, 4.69) is 5.32 Å². The number of furan rings is 1. The van der Waals surface area contributed by atoms with Gasteiger partial charge in [-0.3, -0.25) is 4.79 Å². The zero-order chi connectivity index (χ0) is 18.5. The van der Waals surface area contributed by atoms with Gasteiger partial charge in [0.2, 0.25) is 0 Å². The summed E-state index contributed by atoms with van der Waals surface area (Å²) in [6, 6.07) is 23.5. The second-order valence-electron chi connectivity index (χ2n) is 6.01. The minimum Gasteiger partial charge on any atom is -0.469 e. The van der Waals surface area contributed by atoms with E-state index in [1.807, 2.05) is 72.8 Å². The van der Waals surface area contributed by atoms with Crippen molar-refractivity contribution in [3.05, 3.63) is 89.7 Å². The Morgan fingerprint density at radius 3 is 2.30 bits per heavy atom. The molecule has 1 N–H and O–H groups in total. The van der Waals surface area contributed by atoms with Crippen LogP contribution in [0.5, 0.6) is 0 Å². The second-order valence-corrected chi connectivity index (χ2v) is 7.01. The van der Waals surface area contributed by atoms with Crippen molar-refractivity contribution in [1.82, 2.24) is 10.3 Å². The van der Waals surface area contributed by atoms with Gasteiger partial charge in [0.1, 0.15) is 15.6 Å². The number of benzene rings is 2. The Balaban J connectivity index is 1.61. The highest BCUT2D eigenvalue weighted by Gasteiger charge is 2.20. The molecule has 0 aliphatic heterocycles. The summed E-state index contributed by atoms with van der Waals surface area (Å²) in [6.45, 7) is 0.513. The first-order valence-electron chi connectivity index (χ1n) is 8.73. The lowest BCUT2D eigenvalue weighted by Gasteiger charge is -2.04. The summed E-state index contributed by atoms with van der Waals surface area (Å²) in [5.74, 6) is 0.743.